The number of oxazole rings is 1. The van der Waals surface area contributed by atoms with Crippen LogP contribution in [0.15, 0.2) is 16.7 Å². The first kappa shape index (κ1) is 10.5. The fourth-order valence-corrected chi connectivity index (χ4v) is 2.09. The van der Waals surface area contributed by atoms with Crippen LogP contribution in [-0.2, 0) is 6.42 Å². The smallest absolute Gasteiger partial charge is 0.195 e. The van der Waals surface area contributed by atoms with Crippen LogP contribution in [0.1, 0.15) is 12.8 Å². The average Bonchev–Trinajstić information content (AvgIpc) is 2.81. The molecule has 3 rings (SSSR count). The molecular weight excluding hydrogens is 216 g/mol. The number of anilines is 1. The van der Waals surface area contributed by atoms with Crippen molar-refractivity contribution in [1.29, 1.82) is 0 Å². The Bertz CT molecular complexity index is 516. The van der Waals surface area contributed by atoms with Crippen molar-refractivity contribution < 1.29 is 4.42 Å². The predicted molar refractivity (Wildman–Crippen MR) is 66.3 cm³/mol. The van der Waals surface area contributed by atoms with Crippen molar-refractivity contribution in [1.82, 2.24) is 15.3 Å². The number of hydrogen-bond donors (Lipinski definition) is 1. The Kier molecular flexibility index (Phi) is 2.68. The average molecular weight is 232 g/mol. The van der Waals surface area contributed by atoms with Crippen molar-refractivity contribution in [2.75, 3.05) is 31.1 Å². The van der Waals surface area contributed by atoms with Crippen LogP contribution in [0.3, 0.4) is 0 Å². The maximum absolute atomic E-state index is 5.56. The van der Waals surface area contributed by atoms with Crippen molar-refractivity contribution in [3.05, 3.63) is 18.2 Å². The third-order valence-electron chi connectivity index (χ3n) is 3.05. The van der Waals surface area contributed by atoms with E-state index in [1.54, 1.807) is 6.20 Å². The topological polar surface area (TPSA) is 54.2 Å². The molecule has 0 aromatic carbocycles. The maximum atomic E-state index is 5.56. The summed E-state index contributed by atoms with van der Waals surface area (Å²) in [5, 5.41) is 3.33. The van der Waals surface area contributed by atoms with Gasteiger partial charge in [0.25, 0.3) is 0 Å². The molecule has 1 N–H and O–H groups in total. The zero-order valence-electron chi connectivity index (χ0n) is 9.94. The van der Waals surface area contributed by atoms with Crippen LogP contribution in [0.25, 0.3) is 11.1 Å². The van der Waals surface area contributed by atoms with Crippen molar-refractivity contribution in [2.24, 2.45) is 0 Å². The van der Waals surface area contributed by atoms with Gasteiger partial charge in [-0.3, -0.25) is 0 Å². The molecule has 0 aliphatic carbocycles. The highest BCUT2D eigenvalue weighted by atomic mass is 16.3. The van der Waals surface area contributed by atoms with E-state index in [-0.39, 0.29) is 0 Å². The van der Waals surface area contributed by atoms with E-state index in [0.717, 1.165) is 55.4 Å². The molecule has 5 heteroatoms. The Morgan fingerprint density at radius 3 is 3.00 bits per heavy atom. The number of hydrogen-bond acceptors (Lipinski definition) is 5. The molecule has 1 aliphatic rings. The first-order valence-electron chi connectivity index (χ1n) is 6.08. The summed E-state index contributed by atoms with van der Waals surface area (Å²) < 4.78 is 5.56. The maximum Gasteiger partial charge on any atom is 0.195 e. The Morgan fingerprint density at radius 2 is 2.24 bits per heavy atom. The van der Waals surface area contributed by atoms with Crippen LogP contribution in [0, 0.1) is 0 Å². The van der Waals surface area contributed by atoms with Crippen LogP contribution < -0.4 is 10.2 Å². The van der Waals surface area contributed by atoms with E-state index in [0.29, 0.717) is 0 Å². The van der Waals surface area contributed by atoms with Crippen LogP contribution in [0.2, 0.25) is 0 Å². The molecule has 90 valence electrons. The number of fused-ring (bicyclic) bond motifs is 1. The van der Waals surface area contributed by atoms with E-state index in [1.165, 1.54) is 0 Å². The SMILES string of the molecule is CCc1nc2cc(N3CCNCC3)ncc2o1. The van der Waals surface area contributed by atoms with E-state index in [4.69, 9.17) is 4.42 Å². The number of piperazine rings is 1. The summed E-state index contributed by atoms with van der Waals surface area (Å²) in [7, 11) is 0. The Morgan fingerprint density at radius 1 is 1.41 bits per heavy atom. The van der Waals surface area contributed by atoms with Gasteiger partial charge in [-0.2, -0.15) is 0 Å². The monoisotopic (exact) mass is 232 g/mol. The van der Waals surface area contributed by atoms with E-state index >= 15 is 0 Å². The summed E-state index contributed by atoms with van der Waals surface area (Å²) in [6, 6.07) is 2.02. The molecule has 0 spiro atoms. The van der Waals surface area contributed by atoms with E-state index < -0.39 is 0 Å². The van der Waals surface area contributed by atoms with Gasteiger partial charge in [0.1, 0.15) is 11.3 Å². The van der Waals surface area contributed by atoms with Gasteiger partial charge in [0, 0.05) is 38.7 Å². The second-order valence-corrected chi connectivity index (χ2v) is 4.21. The summed E-state index contributed by atoms with van der Waals surface area (Å²) in [6.07, 6.45) is 2.59. The molecule has 0 saturated carbocycles. The van der Waals surface area contributed by atoms with Crippen molar-refractivity contribution in [2.45, 2.75) is 13.3 Å². The molecule has 1 saturated heterocycles. The van der Waals surface area contributed by atoms with Gasteiger partial charge in [0.05, 0.1) is 6.20 Å². The van der Waals surface area contributed by atoms with Gasteiger partial charge in [0.2, 0.25) is 0 Å². The molecule has 0 amide bonds. The molecule has 3 heterocycles. The zero-order valence-corrected chi connectivity index (χ0v) is 9.94. The zero-order chi connectivity index (χ0) is 11.7. The standard InChI is InChI=1S/C12H16N4O/c1-2-12-15-9-7-11(14-8-10(9)17-12)16-5-3-13-4-6-16/h7-8,13H,2-6H2,1H3. The Labute approximate surface area is 99.8 Å². The fourth-order valence-electron chi connectivity index (χ4n) is 2.09. The van der Waals surface area contributed by atoms with Gasteiger partial charge >= 0.3 is 0 Å². The molecule has 0 unspecified atom stereocenters. The van der Waals surface area contributed by atoms with Gasteiger partial charge in [-0.05, 0) is 0 Å². The first-order chi connectivity index (χ1) is 8.36. The van der Waals surface area contributed by atoms with Crippen molar-refractivity contribution in [3.8, 4) is 0 Å². The number of aromatic nitrogens is 2. The number of nitrogens with one attached hydrogen (secondary N) is 1. The normalized spacial score (nSPS) is 16.6. The minimum Gasteiger partial charge on any atom is -0.439 e. The number of pyridine rings is 1. The van der Waals surface area contributed by atoms with Crippen LogP contribution in [0.5, 0.6) is 0 Å². The number of nitrogens with zero attached hydrogens (tertiary/aromatic N) is 3. The third-order valence-corrected chi connectivity index (χ3v) is 3.05. The predicted octanol–water partition coefficient (Wildman–Crippen LogP) is 1.19. The van der Waals surface area contributed by atoms with Gasteiger partial charge in [0.15, 0.2) is 11.5 Å². The Hall–Kier alpha value is -1.62. The van der Waals surface area contributed by atoms with Crippen molar-refractivity contribution >= 4 is 16.9 Å². The fraction of sp³-hybridized carbons (Fsp3) is 0.500. The lowest BCUT2D eigenvalue weighted by molar-refractivity contribution is 0.537. The van der Waals surface area contributed by atoms with Gasteiger partial charge < -0.3 is 14.6 Å². The highest BCUT2D eigenvalue weighted by Crippen LogP contribution is 2.20. The van der Waals surface area contributed by atoms with Crippen LogP contribution >= 0.6 is 0 Å². The molecule has 2 aromatic rings. The molecule has 5 nitrogen and oxygen atoms in total. The second-order valence-electron chi connectivity index (χ2n) is 4.21. The number of rotatable bonds is 2. The lowest BCUT2D eigenvalue weighted by Gasteiger charge is -2.28. The minimum absolute atomic E-state index is 0.777. The van der Waals surface area contributed by atoms with Gasteiger partial charge in [-0.15, -0.1) is 0 Å². The summed E-state index contributed by atoms with van der Waals surface area (Å²) in [5.41, 5.74) is 1.69. The highest BCUT2D eigenvalue weighted by Gasteiger charge is 2.13. The lowest BCUT2D eigenvalue weighted by Crippen LogP contribution is -2.43. The van der Waals surface area contributed by atoms with E-state index in [2.05, 4.69) is 20.2 Å². The lowest BCUT2D eigenvalue weighted by atomic mass is 10.3. The van der Waals surface area contributed by atoms with E-state index in [9.17, 15) is 0 Å². The molecule has 17 heavy (non-hydrogen) atoms. The molecule has 1 aliphatic heterocycles. The quantitative estimate of drug-likeness (QED) is 0.843. The molecule has 0 bridgehead atoms. The van der Waals surface area contributed by atoms with E-state index in [1.807, 2.05) is 13.0 Å². The molecule has 1 fully saturated rings. The summed E-state index contributed by atoms with van der Waals surface area (Å²) >= 11 is 0. The van der Waals surface area contributed by atoms with Crippen molar-refractivity contribution in [3.63, 3.8) is 0 Å². The third kappa shape index (κ3) is 1.98. The molecule has 0 radical (unpaired) electrons. The highest BCUT2D eigenvalue weighted by molar-refractivity contribution is 5.75. The summed E-state index contributed by atoms with van der Waals surface area (Å²) in [4.78, 5) is 11.2. The molecular formula is C12H16N4O. The summed E-state index contributed by atoms with van der Waals surface area (Å²) in [5.74, 6) is 1.77. The Balaban J connectivity index is 1.94. The van der Waals surface area contributed by atoms with Crippen LogP contribution in [0.4, 0.5) is 5.82 Å². The van der Waals surface area contributed by atoms with Gasteiger partial charge in [-0.25, -0.2) is 9.97 Å². The minimum atomic E-state index is 0.777. The summed E-state index contributed by atoms with van der Waals surface area (Å²) in [6.45, 7) is 6.06. The van der Waals surface area contributed by atoms with Crippen LogP contribution in [-0.4, -0.2) is 36.1 Å². The first-order valence-corrected chi connectivity index (χ1v) is 6.08. The molecule has 0 atom stereocenters. The second kappa shape index (κ2) is 4.33. The van der Waals surface area contributed by atoms with Gasteiger partial charge in [-0.1, -0.05) is 6.92 Å². The largest absolute Gasteiger partial charge is 0.439 e. The number of aryl methyl sites for hydroxylation is 1. The molecule has 2 aromatic heterocycles.